The highest BCUT2D eigenvalue weighted by atomic mass is 32.2. The molecule has 20 heavy (non-hydrogen) atoms. The summed E-state index contributed by atoms with van der Waals surface area (Å²) in [5.41, 5.74) is 1.44. The maximum Gasteiger partial charge on any atom is 0.175 e. The van der Waals surface area contributed by atoms with Gasteiger partial charge in [0, 0.05) is 29.8 Å². The summed E-state index contributed by atoms with van der Waals surface area (Å²) in [4.78, 5) is 4.41. The van der Waals surface area contributed by atoms with Gasteiger partial charge in [0.2, 0.25) is 0 Å². The number of hydrogen-bond donors (Lipinski definition) is 1. The van der Waals surface area contributed by atoms with Crippen molar-refractivity contribution in [2.24, 2.45) is 0 Å². The molecule has 1 aromatic carbocycles. The van der Waals surface area contributed by atoms with Gasteiger partial charge in [0.1, 0.15) is 0 Å². The highest BCUT2D eigenvalue weighted by molar-refractivity contribution is 7.90. The zero-order valence-electron chi connectivity index (χ0n) is 11.7. The Labute approximate surface area is 119 Å². The van der Waals surface area contributed by atoms with Gasteiger partial charge in [-0.25, -0.2) is 8.42 Å². The lowest BCUT2D eigenvalue weighted by molar-refractivity contribution is 0.0783. The number of aliphatic hydroxyl groups is 1. The smallest absolute Gasteiger partial charge is 0.175 e. The van der Waals surface area contributed by atoms with Crippen LogP contribution < -0.4 is 0 Å². The molecule has 0 radical (unpaired) electrons. The zero-order chi connectivity index (χ0) is 15.0. The summed E-state index contributed by atoms with van der Waals surface area (Å²) in [6.07, 6.45) is 4.48. The van der Waals surface area contributed by atoms with Gasteiger partial charge in [-0.15, -0.1) is 0 Å². The first-order chi connectivity index (χ1) is 9.18. The maximum absolute atomic E-state index is 11.4. The van der Waals surface area contributed by atoms with Crippen molar-refractivity contribution in [1.29, 1.82) is 0 Å². The van der Waals surface area contributed by atoms with E-state index in [2.05, 4.69) is 4.98 Å². The summed E-state index contributed by atoms with van der Waals surface area (Å²) in [5, 5.41) is 9.99. The van der Waals surface area contributed by atoms with E-state index in [-0.39, 0.29) is 4.90 Å². The Bertz CT molecular complexity index is 714. The van der Waals surface area contributed by atoms with Crippen molar-refractivity contribution in [3.63, 3.8) is 0 Å². The Morgan fingerprint density at radius 2 is 1.65 bits per heavy atom. The van der Waals surface area contributed by atoms with Gasteiger partial charge in [-0.05, 0) is 37.6 Å². The van der Waals surface area contributed by atoms with Crippen molar-refractivity contribution in [2.45, 2.75) is 24.3 Å². The Hall–Kier alpha value is -1.72. The van der Waals surface area contributed by atoms with Crippen LogP contribution in [0, 0.1) is 0 Å². The van der Waals surface area contributed by atoms with Gasteiger partial charge < -0.3 is 5.11 Å². The minimum atomic E-state index is -3.19. The number of aromatic nitrogens is 1. The minimum Gasteiger partial charge on any atom is -0.386 e. The second-order valence-electron chi connectivity index (χ2n) is 5.32. The summed E-state index contributed by atoms with van der Waals surface area (Å²) in [6, 6.07) is 8.47. The lowest BCUT2D eigenvalue weighted by atomic mass is 9.97. The quantitative estimate of drug-likeness (QED) is 0.942. The molecular weight excluding hydrogens is 274 g/mol. The lowest BCUT2D eigenvalue weighted by Gasteiger charge is -2.18. The number of pyridine rings is 1. The van der Waals surface area contributed by atoms with Crippen molar-refractivity contribution in [3.8, 4) is 11.1 Å². The first-order valence-electron chi connectivity index (χ1n) is 6.16. The molecule has 0 bridgehead atoms. The molecule has 0 saturated carbocycles. The van der Waals surface area contributed by atoms with E-state index in [0.717, 1.165) is 11.1 Å². The summed E-state index contributed by atoms with van der Waals surface area (Å²) in [5.74, 6) is 0. The Morgan fingerprint density at radius 1 is 1.05 bits per heavy atom. The van der Waals surface area contributed by atoms with Gasteiger partial charge >= 0.3 is 0 Å². The van der Waals surface area contributed by atoms with Crippen molar-refractivity contribution in [1.82, 2.24) is 4.98 Å². The third kappa shape index (κ3) is 3.23. The number of hydrogen-bond acceptors (Lipinski definition) is 4. The predicted octanol–water partition coefficient (Wildman–Crippen LogP) is 2.38. The van der Waals surface area contributed by atoms with Crippen molar-refractivity contribution >= 4 is 9.84 Å². The minimum absolute atomic E-state index is 0.285. The van der Waals surface area contributed by atoms with E-state index in [1.807, 2.05) is 6.07 Å². The Kier molecular flexibility index (Phi) is 3.67. The molecule has 0 saturated heterocycles. The monoisotopic (exact) mass is 291 g/mol. The first-order valence-corrected chi connectivity index (χ1v) is 8.05. The molecule has 1 aromatic heterocycles. The molecule has 0 unspecified atom stereocenters. The van der Waals surface area contributed by atoms with Crippen LogP contribution in [0.5, 0.6) is 0 Å². The maximum atomic E-state index is 11.4. The molecule has 1 N–H and O–H groups in total. The lowest BCUT2D eigenvalue weighted by Crippen LogP contribution is -2.15. The molecule has 0 amide bonds. The van der Waals surface area contributed by atoms with Gasteiger partial charge in [-0.2, -0.15) is 0 Å². The van der Waals surface area contributed by atoms with Crippen molar-refractivity contribution < 1.29 is 13.5 Å². The van der Waals surface area contributed by atoms with Crippen LogP contribution in [0.25, 0.3) is 11.1 Å². The average Bonchev–Trinajstić information content (AvgIpc) is 2.37. The number of rotatable bonds is 3. The molecule has 106 valence electrons. The van der Waals surface area contributed by atoms with Crippen LogP contribution in [0.3, 0.4) is 0 Å². The Balaban J connectivity index is 2.43. The predicted molar refractivity (Wildman–Crippen MR) is 78.0 cm³/mol. The molecule has 0 atom stereocenters. The molecule has 2 rings (SSSR count). The zero-order valence-corrected chi connectivity index (χ0v) is 12.5. The molecule has 0 aliphatic heterocycles. The normalized spacial score (nSPS) is 12.4. The van der Waals surface area contributed by atoms with E-state index in [1.54, 1.807) is 50.5 Å². The largest absolute Gasteiger partial charge is 0.386 e. The van der Waals surface area contributed by atoms with Crippen LogP contribution in [0.1, 0.15) is 19.4 Å². The van der Waals surface area contributed by atoms with Gasteiger partial charge in [0.25, 0.3) is 0 Å². The van der Waals surface area contributed by atoms with Gasteiger partial charge in [0.15, 0.2) is 9.84 Å². The average molecular weight is 291 g/mol. The van der Waals surface area contributed by atoms with Crippen LogP contribution in [0.4, 0.5) is 0 Å². The van der Waals surface area contributed by atoms with Crippen molar-refractivity contribution in [3.05, 3.63) is 48.3 Å². The van der Waals surface area contributed by atoms with Crippen LogP contribution in [-0.4, -0.2) is 24.8 Å². The fourth-order valence-corrected chi connectivity index (χ4v) is 2.46. The molecular formula is C15H17NO3S. The first kappa shape index (κ1) is 14.7. The topological polar surface area (TPSA) is 67.3 Å². The van der Waals surface area contributed by atoms with E-state index in [0.29, 0.717) is 5.56 Å². The van der Waals surface area contributed by atoms with E-state index in [4.69, 9.17) is 0 Å². The SMILES string of the molecule is CC(C)(O)c1cncc(-c2ccc(S(C)(=O)=O)cc2)c1. The van der Waals surface area contributed by atoms with Crippen LogP contribution in [0.15, 0.2) is 47.6 Å². The summed E-state index contributed by atoms with van der Waals surface area (Å²) >= 11 is 0. The standard InChI is InChI=1S/C15H17NO3S/c1-15(2,17)13-8-12(9-16-10-13)11-4-6-14(7-5-11)20(3,18)19/h4-10,17H,1-3H3. The van der Waals surface area contributed by atoms with Crippen LogP contribution >= 0.6 is 0 Å². The summed E-state index contributed by atoms with van der Waals surface area (Å²) in [7, 11) is -3.19. The Morgan fingerprint density at radius 3 is 2.15 bits per heavy atom. The van der Waals surface area contributed by atoms with Gasteiger partial charge in [-0.3, -0.25) is 4.98 Å². The van der Waals surface area contributed by atoms with Crippen LogP contribution in [0.2, 0.25) is 0 Å². The van der Waals surface area contributed by atoms with E-state index in [1.165, 1.54) is 6.26 Å². The van der Waals surface area contributed by atoms with E-state index >= 15 is 0 Å². The van der Waals surface area contributed by atoms with E-state index < -0.39 is 15.4 Å². The molecule has 0 aliphatic carbocycles. The summed E-state index contributed by atoms with van der Waals surface area (Å²) in [6.45, 7) is 3.39. The summed E-state index contributed by atoms with van der Waals surface area (Å²) < 4.78 is 22.8. The van der Waals surface area contributed by atoms with Gasteiger partial charge in [0.05, 0.1) is 10.5 Å². The molecule has 2 aromatic rings. The highest BCUT2D eigenvalue weighted by Crippen LogP contribution is 2.25. The van der Waals surface area contributed by atoms with E-state index in [9.17, 15) is 13.5 Å². The third-order valence-corrected chi connectivity index (χ3v) is 4.19. The highest BCUT2D eigenvalue weighted by Gasteiger charge is 2.17. The fourth-order valence-electron chi connectivity index (χ4n) is 1.83. The van der Waals surface area contributed by atoms with Gasteiger partial charge in [-0.1, -0.05) is 12.1 Å². The van der Waals surface area contributed by atoms with Crippen molar-refractivity contribution in [2.75, 3.05) is 6.26 Å². The molecule has 1 heterocycles. The number of nitrogens with zero attached hydrogens (tertiary/aromatic N) is 1. The molecule has 0 fully saturated rings. The molecule has 0 aliphatic rings. The second-order valence-corrected chi connectivity index (χ2v) is 7.33. The molecule has 0 spiro atoms. The van der Waals surface area contributed by atoms with Crippen LogP contribution in [-0.2, 0) is 15.4 Å². The molecule has 4 nitrogen and oxygen atoms in total. The second kappa shape index (κ2) is 5.00. The fraction of sp³-hybridized carbons (Fsp3) is 0.267. The number of benzene rings is 1. The number of sulfone groups is 1. The molecule has 5 heteroatoms. The third-order valence-electron chi connectivity index (χ3n) is 3.06.